The van der Waals surface area contributed by atoms with Crippen LogP contribution in [-0.2, 0) is 9.59 Å². The van der Waals surface area contributed by atoms with Crippen molar-refractivity contribution in [1.29, 1.82) is 5.26 Å². The summed E-state index contributed by atoms with van der Waals surface area (Å²) in [4.78, 5) is 23.5. The van der Waals surface area contributed by atoms with Gasteiger partial charge in [0.15, 0.2) is 0 Å². The molecule has 28 heavy (non-hydrogen) atoms. The van der Waals surface area contributed by atoms with Gasteiger partial charge >= 0.3 is 0 Å². The number of nitrogens with one attached hydrogen (secondary N) is 3. The topological polar surface area (TPSA) is 103 Å². The Morgan fingerprint density at radius 1 is 1.14 bits per heavy atom. The predicted octanol–water partition coefficient (Wildman–Crippen LogP) is 3.35. The number of anilines is 2. The Morgan fingerprint density at radius 2 is 1.82 bits per heavy atom. The van der Waals surface area contributed by atoms with Crippen LogP contribution in [0.5, 0.6) is 5.75 Å². The molecule has 1 atom stereocenters. The SMILES string of the molecule is COc1ccc(C(C)NC(=O)/C(C#N)=C\Nc2cccc(NC(C)=O)c2)cc1. The van der Waals surface area contributed by atoms with E-state index < -0.39 is 5.91 Å². The van der Waals surface area contributed by atoms with Gasteiger partial charge in [0, 0.05) is 24.5 Å². The lowest BCUT2D eigenvalue weighted by molar-refractivity contribution is -0.117. The van der Waals surface area contributed by atoms with E-state index in [0.29, 0.717) is 11.4 Å². The van der Waals surface area contributed by atoms with Crippen molar-refractivity contribution in [1.82, 2.24) is 5.32 Å². The number of hydrogen-bond donors (Lipinski definition) is 3. The maximum absolute atomic E-state index is 12.4. The number of benzene rings is 2. The van der Waals surface area contributed by atoms with Gasteiger partial charge in [-0.25, -0.2) is 0 Å². The fourth-order valence-corrected chi connectivity index (χ4v) is 2.44. The molecule has 0 radical (unpaired) electrons. The smallest absolute Gasteiger partial charge is 0.263 e. The summed E-state index contributed by atoms with van der Waals surface area (Å²) in [5.41, 5.74) is 2.07. The number of nitrogens with zero attached hydrogens (tertiary/aromatic N) is 1. The highest BCUT2D eigenvalue weighted by Gasteiger charge is 2.14. The molecule has 144 valence electrons. The maximum atomic E-state index is 12.4. The van der Waals surface area contributed by atoms with Gasteiger partial charge in [-0.05, 0) is 42.8 Å². The number of carbonyl (C=O) groups is 2. The van der Waals surface area contributed by atoms with Crippen LogP contribution in [0.1, 0.15) is 25.5 Å². The van der Waals surface area contributed by atoms with Gasteiger partial charge in [0.25, 0.3) is 5.91 Å². The Morgan fingerprint density at radius 3 is 2.43 bits per heavy atom. The summed E-state index contributed by atoms with van der Waals surface area (Å²) >= 11 is 0. The van der Waals surface area contributed by atoms with Gasteiger partial charge < -0.3 is 20.7 Å². The molecule has 0 aliphatic carbocycles. The minimum Gasteiger partial charge on any atom is -0.497 e. The molecule has 2 amide bonds. The molecule has 0 aliphatic rings. The molecule has 0 fully saturated rings. The minimum atomic E-state index is -0.490. The van der Waals surface area contributed by atoms with Gasteiger partial charge in [0.1, 0.15) is 17.4 Å². The molecule has 0 saturated heterocycles. The van der Waals surface area contributed by atoms with Crippen LogP contribution in [-0.4, -0.2) is 18.9 Å². The molecule has 7 nitrogen and oxygen atoms in total. The maximum Gasteiger partial charge on any atom is 0.263 e. The molecule has 2 aromatic carbocycles. The molecular weight excluding hydrogens is 356 g/mol. The second-order valence-electron chi connectivity index (χ2n) is 6.04. The molecule has 0 saturated carbocycles. The molecule has 3 N–H and O–H groups in total. The van der Waals surface area contributed by atoms with Gasteiger partial charge in [0.2, 0.25) is 5.91 Å². The zero-order valence-electron chi connectivity index (χ0n) is 15.9. The van der Waals surface area contributed by atoms with Crippen LogP contribution in [0.25, 0.3) is 0 Å². The Balaban J connectivity index is 2.04. The Labute approximate surface area is 164 Å². The molecule has 0 heterocycles. The third kappa shape index (κ3) is 5.88. The largest absolute Gasteiger partial charge is 0.497 e. The summed E-state index contributed by atoms with van der Waals surface area (Å²) in [5, 5.41) is 17.7. The summed E-state index contributed by atoms with van der Waals surface area (Å²) in [6, 6.07) is 15.9. The van der Waals surface area contributed by atoms with Crippen molar-refractivity contribution in [3.05, 3.63) is 65.9 Å². The minimum absolute atomic E-state index is 0.0645. The number of nitriles is 1. The van der Waals surface area contributed by atoms with E-state index in [-0.39, 0.29) is 17.5 Å². The van der Waals surface area contributed by atoms with E-state index in [1.807, 2.05) is 37.3 Å². The zero-order valence-corrected chi connectivity index (χ0v) is 15.9. The summed E-state index contributed by atoms with van der Waals surface area (Å²) in [5.74, 6) is 0.0548. The van der Waals surface area contributed by atoms with Crippen LogP contribution >= 0.6 is 0 Å². The summed E-state index contributed by atoms with van der Waals surface area (Å²) in [7, 11) is 1.59. The van der Waals surface area contributed by atoms with Gasteiger partial charge in [-0.15, -0.1) is 0 Å². The van der Waals surface area contributed by atoms with E-state index in [1.165, 1.54) is 13.1 Å². The summed E-state index contributed by atoms with van der Waals surface area (Å²) in [6.45, 7) is 3.25. The second kappa shape index (κ2) is 9.78. The molecule has 0 aromatic heterocycles. The lowest BCUT2D eigenvalue weighted by Crippen LogP contribution is -2.28. The van der Waals surface area contributed by atoms with Crippen LogP contribution in [0, 0.1) is 11.3 Å². The molecule has 0 spiro atoms. The number of rotatable bonds is 7. The number of carbonyl (C=O) groups excluding carboxylic acids is 2. The van der Waals surface area contributed by atoms with Crippen molar-refractivity contribution in [2.75, 3.05) is 17.7 Å². The first kappa shape index (κ1) is 20.5. The van der Waals surface area contributed by atoms with E-state index in [4.69, 9.17) is 4.74 Å². The van der Waals surface area contributed by atoms with Crippen molar-refractivity contribution in [2.45, 2.75) is 19.9 Å². The molecule has 0 bridgehead atoms. The fourth-order valence-electron chi connectivity index (χ4n) is 2.44. The van der Waals surface area contributed by atoms with Crippen LogP contribution in [0.15, 0.2) is 60.3 Å². The van der Waals surface area contributed by atoms with E-state index in [2.05, 4.69) is 16.0 Å². The van der Waals surface area contributed by atoms with E-state index >= 15 is 0 Å². The number of ether oxygens (including phenoxy) is 1. The second-order valence-corrected chi connectivity index (χ2v) is 6.04. The molecule has 2 aromatic rings. The molecule has 1 unspecified atom stereocenters. The lowest BCUT2D eigenvalue weighted by Gasteiger charge is -2.14. The normalized spacial score (nSPS) is 11.7. The molecular formula is C21H22N4O3. The van der Waals surface area contributed by atoms with Crippen molar-refractivity contribution >= 4 is 23.2 Å². The Kier molecular flexibility index (Phi) is 7.17. The molecule has 2 rings (SSSR count). The average molecular weight is 378 g/mol. The van der Waals surface area contributed by atoms with Gasteiger partial charge in [-0.1, -0.05) is 18.2 Å². The molecule has 0 aliphatic heterocycles. The van der Waals surface area contributed by atoms with E-state index in [1.54, 1.807) is 31.4 Å². The average Bonchev–Trinajstić information content (AvgIpc) is 2.68. The van der Waals surface area contributed by atoms with Gasteiger partial charge in [-0.2, -0.15) is 5.26 Å². The van der Waals surface area contributed by atoms with Gasteiger partial charge in [0.05, 0.1) is 13.2 Å². The van der Waals surface area contributed by atoms with Crippen molar-refractivity contribution in [2.24, 2.45) is 0 Å². The Bertz CT molecular complexity index is 914. The van der Waals surface area contributed by atoms with Crippen molar-refractivity contribution in [3.8, 4) is 11.8 Å². The quantitative estimate of drug-likeness (QED) is 0.506. The zero-order chi connectivity index (χ0) is 20.5. The van der Waals surface area contributed by atoms with Crippen LogP contribution in [0.3, 0.4) is 0 Å². The molecule has 7 heteroatoms. The monoisotopic (exact) mass is 378 g/mol. The Hall–Kier alpha value is -3.79. The third-order valence-electron chi connectivity index (χ3n) is 3.89. The highest BCUT2D eigenvalue weighted by molar-refractivity contribution is 5.97. The summed E-state index contributed by atoms with van der Waals surface area (Å²) < 4.78 is 5.12. The fraction of sp³-hybridized carbons (Fsp3) is 0.190. The number of hydrogen-bond acceptors (Lipinski definition) is 5. The number of methoxy groups -OCH3 is 1. The number of amides is 2. The first-order chi connectivity index (χ1) is 13.4. The lowest BCUT2D eigenvalue weighted by atomic mass is 10.1. The van der Waals surface area contributed by atoms with Gasteiger partial charge in [-0.3, -0.25) is 9.59 Å². The standard InChI is InChI=1S/C21H22N4O3/c1-14(16-7-9-20(28-3)10-8-16)24-21(27)17(12-22)13-23-18-5-4-6-19(11-18)25-15(2)26/h4-11,13-14,23H,1-3H3,(H,24,27)(H,25,26)/b17-13-. The van der Waals surface area contributed by atoms with Crippen LogP contribution in [0.4, 0.5) is 11.4 Å². The van der Waals surface area contributed by atoms with Crippen molar-refractivity contribution in [3.63, 3.8) is 0 Å². The first-order valence-electron chi connectivity index (χ1n) is 8.62. The highest BCUT2D eigenvalue weighted by Crippen LogP contribution is 2.18. The summed E-state index contributed by atoms with van der Waals surface area (Å²) in [6.07, 6.45) is 1.34. The highest BCUT2D eigenvalue weighted by atomic mass is 16.5. The predicted molar refractivity (Wildman–Crippen MR) is 108 cm³/mol. The van der Waals surface area contributed by atoms with Crippen LogP contribution in [0.2, 0.25) is 0 Å². The van der Waals surface area contributed by atoms with Crippen molar-refractivity contribution < 1.29 is 14.3 Å². The van der Waals surface area contributed by atoms with Crippen LogP contribution < -0.4 is 20.7 Å². The first-order valence-corrected chi connectivity index (χ1v) is 8.62. The third-order valence-corrected chi connectivity index (χ3v) is 3.89. The van der Waals surface area contributed by atoms with E-state index in [0.717, 1.165) is 11.3 Å². The van der Waals surface area contributed by atoms with E-state index in [9.17, 15) is 14.9 Å².